The van der Waals surface area contributed by atoms with Crippen LogP contribution < -0.4 is 0 Å². The Morgan fingerprint density at radius 3 is 1.71 bits per heavy atom. The number of benzene rings is 9. The molecule has 0 saturated heterocycles. The highest BCUT2D eigenvalue weighted by molar-refractivity contribution is 6.29. The van der Waals surface area contributed by atoms with Crippen molar-refractivity contribution in [2.45, 2.75) is 51.4 Å². The number of hydrogen-bond donors (Lipinski definition) is 0. The van der Waals surface area contributed by atoms with Crippen LogP contribution in [0, 0.1) is 0 Å². The molecule has 0 saturated carbocycles. The number of fused-ring (bicyclic) bond motifs is 10. The lowest BCUT2D eigenvalue weighted by molar-refractivity contribution is 0.332. The van der Waals surface area contributed by atoms with E-state index >= 15 is 0 Å². The summed E-state index contributed by atoms with van der Waals surface area (Å²) in [6, 6.07) is 67.9. The maximum atomic E-state index is 5.51. The van der Waals surface area contributed by atoms with Crippen LogP contribution >= 0.6 is 0 Å². The van der Waals surface area contributed by atoms with Gasteiger partial charge in [-0.05, 0) is 122 Å². The number of hydrogen-bond acceptors (Lipinski definition) is 3. The van der Waals surface area contributed by atoms with Gasteiger partial charge >= 0.3 is 0 Å². The second-order valence-electron chi connectivity index (χ2n) is 19.5. The molecule has 316 valence electrons. The Balaban J connectivity index is 1.13. The molecule has 0 aliphatic heterocycles. The summed E-state index contributed by atoms with van der Waals surface area (Å²) in [6.07, 6.45) is 2.31. The van der Waals surface area contributed by atoms with Gasteiger partial charge in [-0.3, -0.25) is 4.57 Å². The third-order valence-corrected chi connectivity index (χ3v) is 14.6. The van der Waals surface area contributed by atoms with Crippen LogP contribution in [0.3, 0.4) is 0 Å². The van der Waals surface area contributed by atoms with Gasteiger partial charge in [0.05, 0.1) is 22.1 Å². The van der Waals surface area contributed by atoms with E-state index in [4.69, 9.17) is 15.0 Å². The molecule has 66 heavy (non-hydrogen) atoms. The van der Waals surface area contributed by atoms with E-state index in [-0.39, 0.29) is 10.8 Å². The van der Waals surface area contributed by atoms with Crippen molar-refractivity contribution in [3.63, 3.8) is 0 Å². The zero-order chi connectivity index (χ0) is 44.3. The molecular formula is C61H47N5. The normalized spacial score (nSPS) is 14.5. The molecule has 3 heterocycles. The quantitative estimate of drug-likeness (QED) is 0.173. The lowest BCUT2D eigenvalue weighted by atomic mass is 9.63. The Labute approximate surface area is 383 Å². The van der Waals surface area contributed by atoms with Gasteiger partial charge in [-0.25, -0.2) is 4.98 Å². The highest BCUT2D eigenvalue weighted by atomic mass is 15.2. The van der Waals surface area contributed by atoms with Gasteiger partial charge in [0.15, 0.2) is 11.6 Å². The minimum absolute atomic E-state index is 0.0476. The van der Waals surface area contributed by atoms with E-state index in [9.17, 15) is 0 Å². The average molecular weight is 850 g/mol. The Kier molecular flexibility index (Phi) is 8.36. The lowest BCUT2D eigenvalue weighted by Gasteiger charge is -2.42. The van der Waals surface area contributed by atoms with Gasteiger partial charge in [0.25, 0.3) is 0 Å². The standard InChI is InChI=1S/C61H47N5/c1-60(2)33-34-61(3,4)50-37-54-48(36-49(50)60)56-52(65(54)42-21-9-6-10-22-42)31-32-53-55(56)47-25-15-16-26-51(47)66(53)59-63-57(41-28-27-38-17-11-12-20-40(38)35-41)62-58(64-59)46-30-29-43(39-18-7-5-8-19-39)44-23-13-14-24-45(44)46/h5-32,35-37H,33-34H2,1-4H3. The van der Waals surface area contributed by atoms with Crippen molar-refractivity contribution in [2.75, 3.05) is 0 Å². The molecular weight excluding hydrogens is 803 g/mol. The Bertz CT molecular complexity index is 3930. The first-order valence-corrected chi connectivity index (χ1v) is 23.2. The van der Waals surface area contributed by atoms with Gasteiger partial charge in [-0.2, -0.15) is 9.97 Å². The maximum absolute atomic E-state index is 5.51. The van der Waals surface area contributed by atoms with E-state index < -0.39 is 0 Å². The molecule has 0 atom stereocenters. The molecule has 0 bridgehead atoms. The molecule has 0 radical (unpaired) electrons. The molecule has 1 aliphatic rings. The molecule has 12 aromatic rings. The fraction of sp³-hybridized carbons (Fsp3) is 0.131. The monoisotopic (exact) mass is 849 g/mol. The van der Waals surface area contributed by atoms with E-state index in [0.29, 0.717) is 17.6 Å². The smallest absolute Gasteiger partial charge is 0.238 e. The van der Waals surface area contributed by atoms with E-state index in [1.807, 2.05) is 0 Å². The predicted molar refractivity (Wildman–Crippen MR) is 275 cm³/mol. The van der Waals surface area contributed by atoms with Crippen LogP contribution in [0.4, 0.5) is 0 Å². The number of para-hydroxylation sites is 2. The first kappa shape index (κ1) is 38.6. The second kappa shape index (κ2) is 14.3. The van der Waals surface area contributed by atoms with Crippen LogP contribution in [0.5, 0.6) is 0 Å². The minimum Gasteiger partial charge on any atom is -0.309 e. The largest absolute Gasteiger partial charge is 0.309 e. The van der Waals surface area contributed by atoms with E-state index in [1.165, 1.54) is 54.8 Å². The molecule has 0 amide bonds. The summed E-state index contributed by atoms with van der Waals surface area (Å²) < 4.78 is 4.76. The average Bonchev–Trinajstić information content (AvgIpc) is 3.87. The van der Waals surface area contributed by atoms with Crippen molar-refractivity contribution in [3.05, 3.63) is 199 Å². The molecule has 9 aromatic carbocycles. The van der Waals surface area contributed by atoms with Crippen molar-refractivity contribution in [1.82, 2.24) is 24.1 Å². The second-order valence-corrected chi connectivity index (χ2v) is 19.5. The van der Waals surface area contributed by atoms with Crippen molar-refractivity contribution < 1.29 is 0 Å². The minimum atomic E-state index is 0.0476. The molecule has 0 spiro atoms. The Hall–Kier alpha value is -7.89. The van der Waals surface area contributed by atoms with Crippen molar-refractivity contribution in [1.29, 1.82) is 0 Å². The van der Waals surface area contributed by atoms with E-state index in [2.05, 4.69) is 225 Å². The van der Waals surface area contributed by atoms with Crippen LogP contribution in [0.1, 0.15) is 51.7 Å². The molecule has 13 rings (SSSR count). The molecule has 5 nitrogen and oxygen atoms in total. The van der Waals surface area contributed by atoms with Crippen LogP contribution in [0.2, 0.25) is 0 Å². The summed E-state index contributed by atoms with van der Waals surface area (Å²) in [5.41, 5.74) is 12.9. The topological polar surface area (TPSA) is 48.5 Å². The Morgan fingerprint density at radius 2 is 0.955 bits per heavy atom. The summed E-state index contributed by atoms with van der Waals surface area (Å²) in [5.74, 6) is 1.83. The number of nitrogens with zero attached hydrogens (tertiary/aromatic N) is 5. The molecule has 0 fully saturated rings. The van der Waals surface area contributed by atoms with Gasteiger partial charge in [-0.15, -0.1) is 0 Å². The lowest BCUT2D eigenvalue weighted by Crippen LogP contribution is -2.33. The van der Waals surface area contributed by atoms with Crippen molar-refractivity contribution in [2.24, 2.45) is 0 Å². The highest BCUT2D eigenvalue weighted by Gasteiger charge is 2.38. The molecule has 0 N–H and O–H groups in total. The summed E-state index contributed by atoms with van der Waals surface area (Å²) in [4.78, 5) is 16.3. The molecule has 3 aromatic heterocycles. The zero-order valence-corrected chi connectivity index (χ0v) is 37.5. The highest BCUT2D eigenvalue weighted by Crippen LogP contribution is 2.50. The van der Waals surface area contributed by atoms with E-state index in [1.54, 1.807) is 0 Å². The third kappa shape index (κ3) is 5.82. The van der Waals surface area contributed by atoms with Crippen LogP contribution in [0.15, 0.2) is 188 Å². The fourth-order valence-corrected chi connectivity index (χ4v) is 11.1. The van der Waals surface area contributed by atoms with Gasteiger partial charge in [0, 0.05) is 38.4 Å². The number of rotatable bonds is 5. The summed E-state index contributed by atoms with van der Waals surface area (Å²) in [6.45, 7) is 9.69. The molecule has 1 aliphatic carbocycles. The fourth-order valence-electron chi connectivity index (χ4n) is 11.1. The molecule has 5 heteroatoms. The number of aromatic nitrogens is 5. The van der Waals surface area contributed by atoms with Gasteiger partial charge in [0.1, 0.15) is 0 Å². The van der Waals surface area contributed by atoms with Gasteiger partial charge < -0.3 is 4.57 Å². The van der Waals surface area contributed by atoms with Crippen LogP contribution in [-0.2, 0) is 10.8 Å². The maximum Gasteiger partial charge on any atom is 0.238 e. The van der Waals surface area contributed by atoms with Crippen LogP contribution in [-0.4, -0.2) is 24.1 Å². The summed E-state index contributed by atoms with van der Waals surface area (Å²) in [7, 11) is 0. The van der Waals surface area contributed by atoms with Crippen LogP contribution in [0.25, 0.3) is 111 Å². The predicted octanol–water partition coefficient (Wildman–Crippen LogP) is 15.7. The van der Waals surface area contributed by atoms with Gasteiger partial charge in [-0.1, -0.05) is 161 Å². The van der Waals surface area contributed by atoms with Crippen molar-refractivity contribution >= 4 is 65.2 Å². The van der Waals surface area contributed by atoms with Gasteiger partial charge in [0.2, 0.25) is 5.95 Å². The molecule has 0 unspecified atom stereocenters. The SMILES string of the molecule is CC1(C)CCC(C)(C)c2cc3c(cc21)c1c2c4ccccc4n(-c4nc(-c5ccc6ccccc6c5)nc(-c5ccc(-c6ccccc6)c6ccccc56)n4)c2ccc1n3-c1ccccc1. The Morgan fingerprint density at radius 1 is 0.379 bits per heavy atom. The first-order valence-electron chi connectivity index (χ1n) is 23.2. The third-order valence-electron chi connectivity index (χ3n) is 14.6. The zero-order valence-electron chi connectivity index (χ0n) is 37.5. The first-order chi connectivity index (χ1) is 32.2. The van der Waals surface area contributed by atoms with E-state index in [0.717, 1.165) is 62.2 Å². The summed E-state index contributed by atoms with van der Waals surface area (Å²) >= 11 is 0. The van der Waals surface area contributed by atoms with Crippen molar-refractivity contribution in [3.8, 4) is 45.5 Å². The summed E-state index contributed by atoms with van der Waals surface area (Å²) in [5, 5.41) is 9.43.